The molecular formula is C13H20BrNO2S. The molecule has 0 saturated heterocycles. The number of alkyl halides is 1. The highest BCUT2D eigenvalue weighted by Crippen LogP contribution is 2.14. The lowest BCUT2D eigenvalue weighted by Gasteiger charge is -2.16. The van der Waals surface area contributed by atoms with E-state index in [1.807, 2.05) is 19.1 Å². The third-order valence-electron chi connectivity index (χ3n) is 2.84. The molecule has 0 spiro atoms. The molecule has 3 nitrogen and oxygen atoms in total. The number of sulfonamides is 1. The summed E-state index contributed by atoms with van der Waals surface area (Å²) in [6, 6.07) is 6.97. The van der Waals surface area contributed by atoms with Crippen LogP contribution in [0.5, 0.6) is 0 Å². The van der Waals surface area contributed by atoms with Crippen LogP contribution in [0.3, 0.4) is 0 Å². The lowest BCUT2D eigenvalue weighted by atomic mass is 10.1. The van der Waals surface area contributed by atoms with Crippen molar-refractivity contribution < 1.29 is 8.42 Å². The first-order chi connectivity index (χ1) is 8.53. The molecule has 0 radical (unpaired) electrons. The topological polar surface area (TPSA) is 46.2 Å². The maximum atomic E-state index is 12.2. The molecule has 18 heavy (non-hydrogen) atoms. The van der Waals surface area contributed by atoms with Crippen molar-refractivity contribution in [1.82, 2.24) is 4.72 Å². The van der Waals surface area contributed by atoms with E-state index < -0.39 is 10.0 Å². The fraction of sp³-hybridized carbons (Fsp3) is 0.538. The van der Waals surface area contributed by atoms with Crippen LogP contribution in [0, 0.1) is 0 Å². The molecule has 1 aromatic carbocycles. The largest absolute Gasteiger partial charge is 0.240 e. The predicted octanol–water partition coefficient (Wildman–Crippen LogP) is 3.44. The van der Waals surface area contributed by atoms with E-state index in [-0.39, 0.29) is 6.04 Å². The van der Waals surface area contributed by atoms with Crippen LogP contribution in [-0.4, -0.2) is 14.5 Å². The Morgan fingerprint density at radius 3 is 2.28 bits per heavy atom. The molecule has 0 heterocycles. The van der Waals surface area contributed by atoms with Gasteiger partial charge in [-0.1, -0.05) is 48.3 Å². The molecule has 1 atom stereocenters. The SMILES string of the molecule is CCCC(CC)NS(=O)(=O)c1ccc(CBr)cc1. The lowest BCUT2D eigenvalue weighted by Crippen LogP contribution is -2.34. The minimum atomic E-state index is -3.38. The first-order valence-electron chi connectivity index (χ1n) is 6.20. The molecule has 1 N–H and O–H groups in total. The maximum absolute atomic E-state index is 12.2. The summed E-state index contributed by atoms with van der Waals surface area (Å²) in [4.78, 5) is 0.335. The van der Waals surface area contributed by atoms with Crippen molar-refractivity contribution >= 4 is 26.0 Å². The minimum absolute atomic E-state index is 0.0239. The minimum Gasteiger partial charge on any atom is -0.208 e. The van der Waals surface area contributed by atoms with Crippen LogP contribution in [0.4, 0.5) is 0 Å². The zero-order valence-corrected chi connectivity index (χ0v) is 13.2. The van der Waals surface area contributed by atoms with E-state index in [4.69, 9.17) is 0 Å². The van der Waals surface area contributed by atoms with E-state index >= 15 is 0 Å². The van der Waals surface area contributed by atoms with Gasteiger partial charge in [0.05, 0.1) is 4.90 Å². The van der Waals surface area contributed by atoms with Crippen molar-refractivity contribution in [2.75, 3.05) is 0 Å². The van der Waals surface area contributed by atoms with Gasteiger partial charge in [-0.25, -0.2) is 13.1 Å². The van der Waals surface area contributed by atoms with E-state index in [2.05, 4.69) is 27.6 Å². The van der Waals surface area contributed by atoms with Gasteiger partial charge in [-0.2, -0.15) is 0 Å². The Kier molecular flexibility index (Phi) is 6.32. The van der Waals surface area contributed by atoms with Crippen LogP contribution in [0.25, 0.3) is 0 Å². The van der Waals surface area contributed by atoms with Crippen LogP contribution in [-0.2, 0) is 15.4 Å². The summed E-state index contributed by atoms with van der Waals surface area (Å²) in [6.07, 6.45) is 2.66. The monoisotopic (exact) mass is 333 g/mol. The molecule has 0 fully saturated rings. The number of nitrogens with one attached hydrogen (secondary N) is 1. The van der Waals surface area contributed by atoms with Gasteiger partial charge in [0.15, 0.2) is 0 Å². The number of halogens is 1. The standard InChI is InChI=1S/C13H20BrNO2S/c1-3-5-12(4-2)15-18(16,17)13-8-6-11(10-14)7-9-13/h6-9,12,15H,3-5,10H2,1-2H3. The zero-order valence-electron chi connectivity index (χ0n) is 10.8. The molecule has 102 valence electrons. The van der Waals surface area contributed by atoms with Gasteiger partial charge in [0.25, 0.3) is 0 Å². The van der Waals surface area contributed by atoms with E-state index in [1.165, 1.54) is 0 Å². The highest BCUT2D eigenvalue weighted by Gasteiger charge is 2.18. The van der Waals surface area contributed by atoms with Gasteiger partial charge in [0.2, 0.25) is 10.0 Å². The van der Waals surface area contributed by atoms with E-state index in [0.717, 1.165) is 30.2 Å². The summed E-state index contributed by atoms with van der Waals surface area (Å²) in [6.45, 7) is 4.05. The van der Waals surface area contributed by atoms with Crippen LogP contribution >= 0.6 is 15.9 Å². The molecule has 0 amide bonds. The highest BCUT2D eigenvalue weighted by atomic mass is 79.9. The average Bonchev–Trinajstić information content (AvgIpc) is 2.38. The predicted molar refractivity (Wildman–Crippen MR) is 78.4 cm³/mol. The highest BCUT2D eigenvalue weighted by molar-refractivity contribution is 9.08. The van der Waals surface area contributed by atoms with Gasteiger partial charge in [-0.3, -0.25) is 0 Å². The Morgan fingerprint density at radius 1 is 1.22 bits per heavy atom. The van der Waals surface area contributed by atoms with Crippen molar-refractivity contribution in [3.8, 4) is 0 Å². The third kappa shape index (κ3) is 4.37. The molecule has 0 bridgehead atoms. The van der Waals surface area contributed by atoms with Gasteiger partial charge in [0.1, 0.15) is 0 Å². The molecule has 1 unspecified atom stereocenters. The Morgan fingerprint density at radius 2 is 1.83 bits per heavy atom. The molecule has 0 saturated carbocycles. The fourth-order valence-corrected chi connectivity index (χ4v) is 3.47. The van der Waals surface area contributed by atoms with E-state index in [1.54, 1.807) is 12.1 Å². The molecule has 0 aliphatic carbocycles. The van der Waals surface area contributed by atoms with Gasteiger partial charge in [-0.15, -0.1) is 0 Å². The molecule has 0 aromatic heterocycles. The summed E-state index contributed by atoms with van der Waals surface area (Å²) in [5.74, 6) is 0. The summed E-state index contributed by atoms with van der Waals surface area (Å²) in [5, 5.41) is 0.730. The number of benzene rings is 1. The second-order valence-corrected chi connectivity index (χ2v) is 6.57. The summed E-state index contributed by atoms with van der Waals surface area (Å²) in [7, 11) is -3.38. The molecule has 1 aromatic rings. The van der Waals surface area contributed by atoms with Crippen molar-refractivity contribution in [2.24, 2.45) is 0 Å². The number of hydrogen-bond donors (Lipinski definition) is 1. The quantitative estimate of drug-likeness (QED) is 0.777. The Labute approximate surface area is 118 Å². The second-order valence-electron chi connectivity index (χ2n) is 4.29. The van der Waals surface area contributed by atoms with Gasteiger partial charge in [-0.05, 0) is 30.5 Å². The van der Waals surface area contributed by atoms with Gasteiger partial charge < -0.3 is 0 Å². The zero-order chi connectivity index (χ0) is 13.6. The van der Waals surface area contributed by atoms with E-state index in [0.29, 0.717) is 4.90 Å². The number of hydrogen-bond acceptors (Lipinski definition) is 2. The summed E-state index contributed by atoms with van der Waals surface area (Å²) >= 11 is 3.34. The molecule has 5 heteroatoms. The fourth-order valence-electron chi connectivity index (χ4n) is 1.74. The van der Waals surface area contributed by atoms with Crippen LogP contribution < -0.4 is 4.72 Å². The summed E-state index contributed by atoms with van der Waals surface area (Å²) in [5.41, 5.74) is 1.06. The molecular weight excluding hydrogens is 314 g/mol. The van der Waals surface area contributed by atoms with Crippen molar-refractivity contribution in [3.05, 3.63) is 29.8 Å². The Hall–Kier alpha value is -0.390. The maximum Gasteiger partial charge on any atom is 0.240 e. The smallest absolute Gasteiger partial charge is 0.208 e. The Bertz CT molecular complexity index is 456. The van der Waals surface area contributed by atoms with Crippen molar-refractivity contribution in [2.45, 2.75) is 49.4 Å². The van der Waals surface area contributed by atoms with Gasteiger partial charge in [0, 0.05) is 11.4 Å². The lowest BCUT2D eigenvalue weighted by molar-refractivity contribution is 0.512. The van der Waals surface area contributed by atoms with Gasteiger partial charge >= 0.3 is 0 Å². The molecule has 1 rings (SSSR count). The molecule has 0 aliphatic rings. The molecule has 0 aliphatic heterocycles. The third-order valence-corrected chi connectivity index (χ3v) is 5.02. The number of rotatable bonds is 7. The van der Waals surface area contributed by atoms with E-state index in [9.17, 15) is 8.42 Å². The summed E-state index contributed by atoms with van der Waals surface area (Å²) < 4.78 is 27.1. The second kappa shape index (κ2) is 7.26. The first-order valence-corrected chi connectivity index (χ1v) is 8.81. The first kappa shape index (κ1) is 15.7. The normalized spacial score (nSPS) is 13.5. The van der Waals surface area contributed by atoms with Crippen LogP contribution in [0.2, 0.25) is 0 Å². The van der Waals surface area contributed by atoms with Crippen LogP contribution in [0.15, 0.2) is 29.2 Å². The van der Waals surface area contributed by atoms with Crippen molar-refractivity contribution in [1.29, 1.82) is 0 Å². The van der Waals surface area contributed by atoms with Crippen molar-refractivity contribution in [3.63, 3.8) is 0 Å². The Balaban J connectivity index is 2.84. The van der Waals surface area contributed by atoms with Crippen LogP contribution in [0.1, 0.15) is 38.7 Å². The average molecular weight is 334 g/mol.